The predicted molar refractivity (Wildman–Crippen MR) is 114 cm³/mol. The quantitative estimate of drug-likeness (QED) is 0.300. The van der Waals surface area contributed by atoms with Gasteiger partial charge in [-0.1, -0.05) is 12.1 Å². The molecule has 1 aliphatic heterocycles. The monoisotopic (exact) mass is 477 g/mol. The number of hydrogen-bond donors (Lipinski definition) is 2. The summed E-state index contributed by atoms with van der Waals surface area (Å²) in [6, 6.07) is 14.4. The van der Waals surface area contributed by atoms with Crippen LogP contribution in [0, 0.1) is 3.57 Å². The van der Waals surface area contributed by atoms with Gasteiger partial charge in [-0.05, 0) is 72.8 Å². The van der Waals surface area contributed by atoms with Crippen molar-refractivity contribution in [3.05, 3.63) is 63.2 Å². The number of aliphatic hydroxyl groups is 1. The molecule has 1 aliphatic rings. The van der Waals surface area contributed by atoms with E-state index in [1.54, 1.807) is 24.3 Å². The molecular formula is C20H20IN3O3. The zero-order valence-corrected chi connectivity index (χ0v) is 17.2. The summed E-state index contributed by atoms with van der Waals surface area (Å²) in [4.78, 5) is 27.4. The van der Waals surface area contributed by atoms with Crippen molar-refractivity contribution in [1.29, 1.82) is 0 Å². The minimum Gasteiger partial charge on any atom is -0.506 e. The topological polar surface area (TPSA) is 72.9 Å². The Labute approximate surface area is 171 Å². The molecule has 2 aromatic rings. The van der Waals surface area contributed by atoms with Gasteiger partial charge >= 0.3 is 0 Å². The maximum absolute atomic E-state index is 12.8. The summed E-state index contributed by atoms with van der Waals surface area (Å²) in [6.07, 6.45) is 0. The number of carbonyl (C=O) groups excluding carboxylic acids is 2. The third kappa shape index (κ3) is 3.64. The van der Waals surface area contributed by atoms with Crippen LogP contribution in [-0.4, -0.2) is 30.0 Å². The molecule has 0 atom stereocenters. The van der Waals surface area contributed by atoms with Crippen molar-refractivity contribution in [1.82, 2.24) is 5.43 Å². The number of para-hydroxylation sites is 1. The fourth-order valence-electron chi connectivity index (χ4n) is 3.05. The molecular weight excluding hydrogens is 457 g/mol. The lowest BCUT2D eigenvalue weighted by molar-refractivity contribution is -0.117. The fraction of sp³-hybridized carbons (Fsp3) is 0.200. The van der Waals surface area contributed by atoms with E-state index in [9.17, 15) is 14.7 Å². The van der Waals surface area contributed by atoms with Gasteiger partial charge in [0.25, 0.3) is 11.8 Å². The molecule has 6 nitrogen and oxygen atoms in total. The Balaban J connectivity index is 2.04. The summed E-state index contributed by atoms with van der Waals surface area (Å²) in [5.74, 6) is -1.51. The minimum absolute atomic E-state index is 0.256. The Morgan fingerprint density at radius 1 is 1.07 bits per heavy atom. The molecule has 1 heterocycles. The highest BCUT2D eigenvalue weighted by molar-refractivity contribution is 14.1. The number of rotatable bonds is 5. The highest BCUT2D eigenvalue weighted by atomic mass is 127. The largest absolute Gasteiger partial charge is 0.506 e. The zero-order chi connectivity index (χ0) is 19.6. The van der Waals surface area contributed by atoms with Crippen LogP contribution in [0.1, 0.15) is 19.4 Å². The van der Waals surface area contributed by atoms with Gasteiger partial charge in [-0.25, -0.2) is 5.01 Å². The molecule has 0 bridgehead atoms. The zero-order valence-electron chi connectivity index (χ0n) is 15.1. The molecule has 0 spiro atoms. The third-order valence-corrected chi connectivity index (χ3v) is 5.16. The molecule has 1 saturated heterocycles. The summed E-state index contributed by atoms with van der Waals surface area (Å²) < 4.78 is 1.01. The van der Waals surface area contributed by atoms with E-state index < -0.39 is 11.8 Å². The first-order valence-electron chi connectivity index (χ1n) is 8.66. The molecule has 2 amide bonds. The van der Waals surface area contributed by atoms with Crippen LogP contribution >= 0.6 is 22.6 Å². The van der Waals surface area contributed by atoms with Gasteiger partial charge in [0, 0.05) is 27.9 Å². The van der Waals surface area contributed by atoms with Crippen LogP contribution in [0.5, 0.6) is 0 Å². The number of aliphatic hydroxyl groups excluding tert-OH is 1. The van der Waals surface area contributed by atoms with Gasteiger partial charge in [0.1, 0.15) is 5.76 Å². The molecule has 2 aromatic carbocycles. The van der Waals surface area contributed by atoms with Crippen molar-refractivity contribution < 1.29 is 14.7 Å². The molecule has 0 aliphatic carbocycles. The van der Waals surface area contributed by atoms with E-state index in [1.165, 1.54) is 0 Å². The van der Waals surface area contributed by atoms with Crippen molar-refractivity contribution in [2.75, 3.05) is 23.0 Å². The van der Waals surface area contributed by atoms with Crippen molar-refractivity contribution in [2.45, 2.75) is 13.8 Å². The summed E-state index contributed by atoms with van der Waals surface area (Å²) in [6.45, 7) is 5.50. The first kappa shape index (κ1) is 19.2. The molecule has 140 valence electrons. The Bertz CT molecular complexity index is 905. The van der Waals surface area contributed by atoms with Gasteiger partial charge in [-0.3, -0.25) is 15.0 Å². The van der Waals surface area contributed by atoms with E-state index in [1.807, 2.05) is 38.1 Å². The SMILES string of the molecule is CCN(CC)c1ccccc1C(O)=C1C(=O)NN(c2ccc(I)cc2)C1=O. The van der Waals surface area contributed by atoms with Gasteiger partial charge in [0.2, 0.25) is 0 Å². The Hall–Kier alpha value is -2.55. The lowest BCUT2D eigenvalue weighted by atomic mass is 10.0. The van der Waals surface area contributed by atoms with Crippen LogP contribution in [0.2, 0.25) is 0 Å². The third-order valence-electron chi connectivity index (χ3n) is 4.44. The molecule has 1 fully saturated rings. The number of hydrazine groups is 1. The van der Waals surface area contributed by atoms with E-state index in [0.717, 1.165) is 27.4 Å². The lowest BCUT2D eigenvalue weighted by Crippen LogP contribution is -2.35. The van der Waals surface area contributed by atoms with Gasteiger partial charge in [0.05, 0.1) is 5.69 Å². The van der Waals surface area contributed by atoms with E-state index in [2.05, 4.69) is 32.9 Å². The number of benzene rings is 2. The maximum atomic E-state index is 12.8. The molecule has 0 unspecified atom stereocenters. The van der Waals surface area contributed by atoms with Gasteiger partial charge in [0.15, 0.2) is 5.57 Å². The van der Waals surface area contributed by atoms with Gasteiger partial charge in [-0.15, -0.1) is 0 Å². The Morgan fingerprint density at radius 3 is 2.33 bits per heavy atom. The average molecular weight is 477 g/mol. The Morgan fingerprint density at radius 2 is 1.70 bits per heavy atom. The summed E-state index contributed by atoms with van der Waals surface area (Å²) >= 11 is 2.16. The highest BCUT2D eigenvalue weighted by Gasteiger charge is 2.38. The van der Waals surface area contributed by atoms with Gasteiger partial charge < -0.3 is 10.0 Å². The highest BCUT2D eigenvalue weighted by Crippen LogP contribution is 2.31. The standard InChI is InChI=1S/C20H20IN3O3/c1-3-23(4-2)16-8-6-5-7-15(16)18(25)17-19(26)22-24(20(17)27)14-11-9-13(21)10-12-14/h5-12,25H,3-4H2,1-2H3,(H,22,26). The Kier molecular flexibility index (Phi) is 5.69. The second kappa shape index (κ2) is 7.99. The summed E-state index contributed by atoms with van der Waals surface area (Å²) in [5.41, 5.74) is 4.05. The first-order chi connectivity index (χ1) is 13.0. The number of halogens is 1. The molecule has 2 N–H and O–H groups in total. The van der Waals surface area contributed by atoms with Gasteiger partial charge in [-0.2, -0.15) is 0 Å². The average Bonchev–Trinajstić information content (AvgIpc) is 2.97. The predicted octanol–water partition coefficient (Wildman–Crippen LogP) is 3.48. The van der Waals surface area contributed by atoms with E-state index in [4.69, 9.17) is 0 Å². The number of amides is 2. The number of nitrogens with one attached hydrogen (secondary N) is 1. The molecule has 3 rings (SSSR count). The van der Waals surface area contributed by atoms with Crippen LogP contribution in [0.3, 0.4) is 0 Å². The minimum atomic E-state index is -0.620. The molecule has 0 radical (unpaired) electrons. The number of nitrogens with zero attached hydrogens (tertiary/aromatic N) is 2. The van der Waals surface area contributed by atoms with Crippen LogP contribution in [0.25, 0.3) is 5.76 Å². The van der Waals surface area contributed by atoms with Crippen molar-refractivity contribution in [2.24, 2.45) is 0 Å². The van der Waals surface area contributed by atoms with Crippen LogP contribution < -0.4 is 15.3 Å². The lowest BCUT2D eigenvalue weighted by Gasteiger charge is -2.24. The first-order valence-corrected chi connectivity index (χ1v) is 9.74. The summed E-state index contributed by atoms with van der Waals surface area (Å²) in [7, 11) is 0. The number of carbonyl (C=O) groups is 2. The van der Waals surface area contributed by atoms with Crippen molar-refractivity contribution in [3.63, 3.8) is 0 Å². The van der Waals surface area contributed by atoms with Crippen LogP contribution in [-0.2, 0) is 9.59 Å². The van der Waals surface area contributed by atoms with E-state index >= 15 is 0 Å². The molecule has 0 saturated carbocycles. The number of anilines is 2. The van der Waals surface area contributed by atoms with Crippen molar-refractivity contribution in [3.8, 4) is 0 Å². The van der Waals surface area contributed by atoms with Crippen molar-refractivity contribution >= 4 is 51.5 Å². The molecule has 7 heteroatoms. The molecule has 27 heavy (non-hydrogen) atoms. The van der Waals surface area contributed by atoms with Crippen LogP contribution in [0.15, 0.2) is 54.1 Å². The van der Waals surface area contributed by atoms with Crippen LogP contribution in [0.4, 0.5) is 11.4 Å². The smallest absolute Gasteiger partial charge is 0.286 e. The maximum Gasteiger partial charge on any atom is 0.286 e. The molecule has 0 aromatic heterocycles. The number of hydrogen-bond acceptors (Lipinski definition) is 4. The van der Waals surface area contributed by atoms with E-state index in [-0.39, 0.29) is 11.3 Å². The van der Waals surface area contributed by atoms with E-state index in [0.29, 0.717) is 11.3 Å². The summed E-state index contributed by atoms with van der Waals surface area (Å²) in [5, 5.41) is 12.0. The fourth-order valence-corrected chi connectivity index (χ4v) is 3.41. The second-order valence-electron chi connectivity index (χ2n) is 5.97. The second-order valence-corrected chi connectivity index (χ2v) is 7.22. The normalized spacial score (nSPS) is 15.7.